The van der Waals surface area contributed by atoms with E-state index in [-0.39, 0.29) is 17.7 Å². The van der Waals surface area contributed by atoms with Crippen molar-refractivity contribution in [2.75, 3.05) is 13.1 Å². The number of nitrogens with zero attached hydrogens (tertiary/aromatic N) is 2. The Bertz CT molecular complexity index is 248. The van der Waals surface area contributed by atoms with Gasteiger partial charge in [-0.25, -0.2) is 4.79 Å². The molecule has 1 N–H and O–H groups in total. The fourth-order valence-electron chi connectivity index (χ4n) is 1.50. The van der Waals surface area contributed by atoms with Crippen molar-refractivity contribution in [2.45, 2.75) is 38.8 Å². The molecule has 1 fully saturated rings. The van der Waals surface area contributed by atoms with E-state index < -0.39 is 0 Å². The van der Waals surface area contributed by atoms with E-state index in [0.717, 1.165) is 6.42 Å². The van der Waals surface area contributed by atoms with Crippen LogP contribution in [0.1, 0.15) is 27.2 Å². The van der Waals surface area contributed by atoms with Crippen LogP contribution >= 0.6 is 0 Å². The highest BCUT2D eigenvalue weighted by Gasteiger charge is 2.29. The zero-order chi connectivity index (χ0) is 11.5. The quantitative estimate of drug-likeness (QED) is 0.553. The topological polar surface area (TPSA) is 53.9 Å². The van der Waals surface area contributed by atoms with E-state index in [9.17, 15) is 4.79 Å². The molecule has 86 valence electrons. The Labute approximate surface area is 90.5 Å². The van der Waals surface area contributed by atoms with Gasteiger partial charge < -0.3 is 15.1 Å². The van der Waals surface area contributed by atoms with Gasteiger partial charge in [-0.3, -0.25) is 0 Å². The minimum Gasteiger partial charge on any atom is -0.391 e. The molecular formula is C10H19N3O2. The van der Waals surface area contributed by atoms with E-state index in [4.69, 9.17) is 4.84 Å². The molecule has 1 aliphatic heterocycles. The number of nitrogens with one attached hydrogen (secondary N) is 1. The highest BCUT2D eigenvalue weighted by Crippen LogP contribution is 2.13. The lowest BCUT2D eigenvalue weighted by Gasteiger charge is -2.25. The van der Waals surface area contributed by atoms with E-state index in [0.29, 0.717) is 13.1 Å². The standard InChI is InChI=1S/C10H19N3O2/c1-10(2,3)12-9(14)13-6-5-8(7-13)15-11-4/h8H,4-7H2,1-3H3,(H,12,14)/t8-/m1/s1. The van der Waals surface area contributed by atoms with Gasteiger partial charge in [0.15, 0.2) is 0 Å². The van der Waals surface area contributed by atoms with Crippen LogP contribution in [0.4, 0.5) is 4.79 Å². The molecule has 1 saturated heterocycles. The van der Waals surface area contributed by atoms with Crippen LogP contribution in [0.3, 0.4) is 0 Å². The summed E-state index contributed by atoms with van der Waals surface area (Å²) in [5.74, 6) is 0. The third-order valence-electron chi connectivity index (χ3n) is 2.14. The Kier molecular flexibility index (Phi) is 3.55. The molecule has 5 heteroatoms. The Balaban J connectivity index is 2.40. The van der Waals surface area contributed by atoms with Crippen molar-refractivity contribution in [3.63, 3.8) is 0 Å². The number of hydrogen-bond donors (Lipinski definition) is 1. The molecule has 1 aliphatic rings. The van der Waals surface area contributed by atoms with Gasteiger partial charge in [-0.15, -0.1) is 5.16 Å². The van der Waals surface area contributed by atoms with Crippen LogP contribution < -0.4 is 5.32 Å². The first-order chi connectivity index (χ1) is 6.92. The molecule has 0 aromatic heterocycles. The summed E-state index contributed by atoms with van der Waals surface area (Å²) in [6, 6.07) is -0.0438. The molecule has 1 rings (SSSR count). The first kappa shape index (κ1) is 11.8. The Morgan fingerprint density at radius 1 is 1.60 bits per heavy atom. The van der Waals surface area contributed by atoms with Crippen molar-refractivity contribution < 1.29 is 9.63 Å². The number of likely N-dealkylation sites (tertiary alicyclic amines) is 1. The van der Waals surface area contributed by atoms with Crippen molar-refractivity contribution in [3.05, 3.63) is 0 Å². The van der Waals surface area contributed by atoms with Gasteiger partial charge in [0.05, 0.1) is 6.54 Å². The van der Waals surface area contributed by atoms with Gasteiger partial charge in [-0.1, -0.05) is 0 Å². The van der Waals surface area contributed by atoms with Crippen molar-refractivity contribution in [1.29, 1.82) is 0 Å². The van der Waals surface area contributed by atoms with Crippen LogP contribution in [0.15, 0.2) is 5.16 Å². The predicted molar refractivity (Wildman–Crippen MR) is 58.9 cm³/mol. The maximum atomic E-state index is 11.7. The first-order valence-corrected chi connectivity index (χ1v) is 5.11. The number of urea groups is 1. The second-order valence-corrected chi connectivity index (χ2v) is 4.77. The normalized spacial score (nSPS) is 21.3. The molecule has 0 unspecified atom stereocenters. The van der Waals surface area contributed by atoms with Crippen molar-refractivity contribution in [2.24, 2.45) is 5.16 Å². The minimum absolute atomic E-state index is 0.00628. The maximum absolute atomic E-state index is 11.7. The average molecular weight is 213 g/mol. The maximum Gasteiger partial charge on any atom is 0.317 e. The number of carbonyl (C=O) groups excluding carboxylic acids is 1. The monoisotopic (exact) mass is 213 g/mol. The molecule has 15 heavy (non-hydrogen) atoms. The zero-order valence-electron chi connectivity index (χ0n) is 9.62. The molecule has 5 nitrogen and oxygen atoms in total. The number of rotatable bonds is 2. The lowest BCUT2D eigenvalue weighted by molar-refractivity contribution is 0.0689. The van der Waals surface area contributed by atoms with Crippen LogP contribution in [0.25, 0.3) is 0 Å². The zero-order valence-corrected chi connectivity index (χ0v) is 9.62. The molecule has 0 aromatic carbocycles. The second-order valence-electron chi connectivity index (χ2n) is 4.77. The second kappa shape index (κ2) is 4.51. The van der Waals surface area contributed by atoms with E-state index in [1.165, 1.54) is 0 Å². The predicted octanol–water partition coefficient (Wildman–Crippen LogP) is 1.20. The highest BCUT2D eigenvalue weighted by atomic mass is 16.6. The number of carbonyl (C=O) groups is 1. The molecule has 0 aromatic rings. The lowest BCUT2D eigenvalue weighted by Crippen LogP contribution is -2.47. The fourth-order valence-corrected chi connectivity index (χ4v) is 1.50. The van der Waals surface area contributed by atoms with Crippen LogP contribution in [-0.2, 0) is 4.84 Å². The molecular weight excluding hydrogens is 194 g/mol. The third kappa shape index (κ3) is 3.77. The largest absolute Gasteiger partial charge is 0.391 e. The molecule has 0 aliphatic carbocycles. The van der Waals surface area contributed by atoms with Gasteiger partial charge in [0.25, 0.3) is 0 Å². The third-order valence-corrected chi connectivity index (χ3v) is 2.14. The SMILES string of the molecule is C=NO[C@@H]1CCN(C(=O)NC(C)(C)C)C1. The van der Waals surface area contributed by atoms with Crippen LogP contribution in [0.5, 0.6) is 0 Å². The van der Waals surface area contributed by atoms with E-state index in [1.54, 1.807) is 4.90 Å². The molecule has 1 atom stereocenters. The summed E-state index contributed by atoms with van der Waals surface area (Å²) >= 11 is 0. The van der Waals surface area contributed by atoms with E-state index in [2.05, 4.69) is 17.2 Å². The summed E-state index contributed by atoms with van der Waals surface area (Å²) in [6.07, 6.45) is 0.810. The van der Waals surface area contributed by atoms with E-state index >= 15 is 0 Å². The van der Waals surface area contributed by atoms with Crippen LogP contribution in [-0.4, -0.2) is 42.4 Å². The Morgan fingerprint density at radius 3 is 2.80 bits per heavy atom. The lowest BCUT2D eigenvalue weighted by atomic mass is 10.1. The average Bonchev–Trinajstić information content (AvgIpc) is 2.50. The Hall–Kier alpha value is -1.26. The van der Waals surface area contributed by atoms with Crippen LogP contribution in [0.2, 0.25) is 0 Å². The van der Waals surface area contributed by atoms with Crippen molar-refractivity contribution in [1.82, 2.24) is 10.2 Å². The minimum atomic E-state index is -0.202. The van der Waals surface area contributed by atoms with Crippen molar-refractivity contribution >= 4 is 12.7 Å². The fraction of sp³-hybridized carbons (Fsp3) is 0.800. The molecule has 1 heterocycles. The number of hydrogen-bond acceptors (Lipinski definition) is 3. The first-order valence-electron chi connectivity index (χ1n) is 5.11. The molecule has 0 spiro atoms. The van der Waals surface area contributed by atoms with Gasteiger partial charge in [-0.2, -0.15) is 0 Å². The number of amides is 2. The summed E-state index contributed by atoms with van der Waals surface area (Å²) in [5, 5.41) is 6.29. The smallest absolute Gasteiger partial charge is 0.317 e. The molecule has 0 saturated carbocycles. The van der Waals surface area contributed by atoms with Crippen LogP contribution in [0, 0.1) is 0 Å². The van der Waals surface area contributed by atoms with Gasteiger partial charge in [0, 0.05) is 25.2 Å². The Morgan fingerprint density at radius 2 is 2.27 bits per heavy atom. The summed E-state index contributed by atoms with van der Waals surface area (Å²) in [5.41, 5.74) is -0.202. The van der Waals surface area contributed by atoms with Crippen molar-refractivity contribution in [3.8, 4) is 0 Å². The molecule has 2 amide bonds. The summed E-state index contributed by atoms with van der Waals surface area (Å²) < 4.78 is 0. The van der Waals surface area contributed by atoms with Gasteiger partial charge in [0.2, 0.25) is 0 Å². The van der Waals surface area contributed by atoms with Gasteiger partial charge >= 0.3 is 6.03 Å². The summed E-state index contributed by atoms with van der Waals surface area (Å²) in [7, 11) is 0. The molecule has 0 bridgehead atoms. The molecule has 0 radical (unpaired) electrons. The highest BCUT2D eigenvalue weighted by molar-refractivity contribution is 5.75. The van der Waals surface area contributed by atoms with E-state index in [1.807, 2.05) is 20.8 Å². The van der Waals surface area contributed by atoms with Gasteiger partial charge in [-0.05, 0) is 20.8 Å². The number of oxime groups is 1. The van der Waals surface area contributed by atoms with Gasteiger partial charge in [0.1, 0.15) is 6.10 Å². The summed E-state index contributed by atoms with van der Waals surface area (Å²) in [4.78, 5) is 18.5. The summed E-state index contributed by atoms with van der Waals surface area (Å²) in [6.45, 7) is 10.4.